The summed E-state index contributed by atoms with van der Waals surface area (Å²) in [6.45, 7) is 0.434. The molecule has 1 aromatic heterocycles. The Morgan fingerprint density at radius 3 is 1.68 bits per heavy atom. The van der Waals surface area contributed by atoms with Crippen molar-refractivity contribution in [3.05, 3.63) is 84.1 Å². The van der Waals surface area contributed by atoms with E-state index in [9.17, 15) is 8.42 Å². The molecule has 0 bridgehead atoms. The summed E-state index contributed by atoms with van der Waals surface area (Å²) in [5, 5.41) is 0.0250. The maximum Gasteiger partial charge on any atom is 0.261 e. The molecule has 7 heteroatoms. The van der Waals surface area contributed by atoms with Crippen LogP contribution in [0.2, 0.25) is 0 Å². The van der Waals surface area contributed by atoms with Gasteiger partial charge in [-0.3, -0.25) is 0 Å². The lowest BCUT2D eigenvalue weighted by Crippen LogP contribution is -2.30. The van der Waals surface area contributed by atoms with Gasteiger partial charge in [0.2, 0.25) is 0 Å². The predicted octanol–water partition coefficient (Wildman–Crippen LogP) is 3.49. The smallest absolute Gasteiger partial charge is 0.261 e. The molecule has 0 aliphatic rings. The molecule has 0 saturated carbocycles. The molecule has 3 aromatic rings. The number of rotatable bonds is 8. The van der Waals surface area contributed by atoms with Gasteiger partial charge >= 0.3 is 0 Å². The van der Waals surface area contributed by atoms with Crippen molar-refractivity contribution in [2.45, 2.75) is 18.1 Å². The van der Waals surface area contributed by atoms with Crippen LogP contribution in [0.5, 0.6) is 11.5 Å². The standard InChI is InChI=1S/C21H22N2O4S/c1-26-19-10-6-17(7-11-19)15-23(16-18-8-12-20(27-2)13-9-18)28(24,25)21-5-3-4-14-22-21/h3-14H,15-16H2,1-2H3. The van der Waals surface area contributed by atoms with Gasteiger partial charge in [-0.05, 0) is 47.5 Å². The molecule has 0 unspecified atom stereocenters. The molecule has 1 heterocycles. The summed E-state index contributed by atoms with van der Waals surface area (Å²) >= 11 is 0. The monoisotopic (exact) mass is 398 g/mol. The van der Waals surface area contributed by atoms with E-state index in [1.54, 1.807) is 26.4 Å². The first-order valence-corrected chi connectivity index (χ1v) is 10.1. The van der Waals surface area contributed by atoms with Gasteiger partial charge in [0, 0.05) is 19.3 Å². The van der Waals surface area contributed by atoms with E-state index in [0.29, 0.717) is 0 Å². The SMILES string of the molecule is COc1ccc(CN(Cc2ccc(OC)cc2)S(=O)(=O)c2ccccn2)cc1. The Hall–Kier alpha value is -2.90. The van der Waals surface area contributed by atoms with Crippen molar-refractivity contribution < 1.29 is 17.9 Å². The van der Waals surface area contributed by atoms with E-state index in [-0.39, 0.29) is 18.1 Å². The van der Waals surface area contributed by atoms with Gasteiger partial charge in [0.1, 0.15) is 11.5 Å². The Kier molecular flexibility index (Phi) is 6.28. The van der Waals surface area contributed by atoms with E-state index in [4.69, 9.17) is 9.47 Å². The van der Waals surface area contributed by atoms with Gasteiger partial charge in [-0.1, -0.05) is 30.3 Å². The average Bonchev–Trinajstić information content (AvgIpc) is 2.75. The zero-order valence-electron chi connectivity index (χ0n) is 15.8. The van der Waals surface area contributed by atoms with Gasteiger partial charge in [0.15, 0.2) is 5.03 Å². The molecule has 2 aromatic carbocycles. The summed E-state index contributed by atoms with van der Waals surface area (Å²) in [6.07, 6.45) is 1.48. The Balaban J connectivity index is 1.92. The molecule has 28 heavy (non-hydrogen) atoms. The lowest BCUT2D eigenvalue weighted by Gasteiger charge is -2.22. The molecule has 0 spiro atoms. The Bertz CT molecular complexity index is 939. The molecule has 0 atom stereocenters. The second kappa shape index (κ2) is 8.86. The molecule has 0 amide bonds. The second-order valence-electron chi connectivity index (χ2n) is 6.14. The molecule has 0 radical (unpaired) electrons. The number of methoxy groups -OCH3 is 2. The number of sulfonamides is 1. The molecular formula is C21H22N2O4S. The first kappa shape index (κ1) is 19.9. The Labute approximate surface area is 165 Å². The zero-order chi connectivity index (χ0) is 20.0. The van der Waals surface area contributed by atoms with Crippen LogP contribution in [0.3, 0.4) is 0 Å². The topological polar surface area (TPSA) is 68.7 Å². The van der Waals surface area contributed by atoms with Gasteiger partial charge in [-0.25, -0.2) is 13.4 Å². The fourth-order valence-electron chi connectivity index (χ4n) is 2.73. The third kappa shape index (κ3) is 4.68. The average molecular weight is 398 g/mol. The van der Waals surface area contributed by atoms with Crippen LogP contribution in [0, 0.1) is 0 Å². The first-order valence-electron chi connectivity index (χ1n) is 8.70. The molecule has 0 saturated heterocycles. The second-order valence-corrected chi connectivity index (χ2v) is 8.02. The first-order chi connectivity index (χ1) is 13.5. The largest absolute Gasteiger partial charge is 0.497 e. The van der Waals surface area contributed by atoms with Crippen molar-refractivity contribution in [3.63, 3.8) is 0 Å². The maximum atomic E-state index is 13.2. The molecule has 0 aliphatic heterocycles. The van der Waals surface area contributed by atoms with Crippen LogP contribution < -0.4 is 9.47 Å². The van der Waals surface area contributed by atoms with Gasteiger partial charge < -0.3 is 9.47 Å². The number of ether oxygens (including phenoxy) is 2. The van der Waals surface area contributed by atoms with E-state index in [0.717, 1.165) is 22.6 Å². The van der Waals surface area contributed by atoms with E-state index >= 15 is 0 Å². The van der Waals surface area contributed by atoms with E-state index in [1.165, 1.54) is 16.6 Å². The Morgan fingerprint density at radius 1 is 0.786 bits per heavy atom. The number of hydrogen-bond donors (Lipinski definition) is 0. The van der Waals surface area contributed by atoms with Crippen molar-refractivity contribution in [3.8, 4) is 11.5 Å². The summed E-state index contributed by atoms with van der Waals surface area (Å²) in [4.78, 5) is 4.04. The molecule has 0 N–H and O–H groups in total. The summed E-state index contributed by atoms with van der Waals surface area (Å²) < 4.78 is 38.2. The highest BCUT2D eigenvalue weighted by molar-refractivity contribution is 7.89. The van der Waals surface area contributed by atoms with Crippen molar-refractivity contribution in [2.24, 2.45) is 0 Å². The molecule has 6 nitrogen and oxygen atoms in total. The Morgan fingerprint density at radius 2 is 1.29 bits per heavy atom. The van der Waals surface area contributed by atoms with Crippen molar-refractivity contribution in [2.75, 3.05) is 14.2 Å². The number of benzene rings is 2. The summed E-state index contributed by atoms with van der Waals surface area (Å²) in [7, 11) is -0.582. The zero-order valence-corrected chi connectivity index (χ0v) is 16.6. The fraction of sp³-hybridized carbons (Fsp3) is 0.190. The van der Waals surface area contributed by atoms with E-state index in [1.807, 2.05) is 48.5 Å². The maximum absolute atomic E-state index is 13.2. The molecule has 146 valence electrons. The van der Waals surface area contributed by atoms with Crippen LogP contribution in [0.4, 0.5) is 0 Å². The lowest BCUT2D eigenvalue weighted by molar-refractivity contribution is 0.396. The lowest BCUT2D eigenvalue weighted by atomic mass is 10.2. The third-order valence-corrected chi connectivity index (χ3v) is 5.99. The minimum Gasteiger partial charge on any atom is -0.497 e. The molecule has 3 rings (SSSR count). The van der Waals surface area contributed by atoms with Crippen LogP contribution in [0.25, 0.3) is 0 Å². The number of nitrogens with zero attached hydrogens (tertiary/aromatic N) is 2. The highest BCUT2D eigenvalue weighted by Gasteiger charge is 2.26. The number of aromatic nitrogens is 1. The number of hydrogen-bond acceptors (Lipinski definition) is 5. The predicted molar refractivity (Wildman–Crippen MR) is 107 cm³/mol. The van der Waals surface area contributed by atoms with Crippen LogP contribution in [0.15, 0.2) is 78.0 Å². The molecule has 0 fully saturated rings. The van der Waals surface area contributed by atoms with E-state index < -0.39 is 10.0 Å². The summed E-state index contributed by atoms with van der Waals surface area (Å²) in [5.41, 5.74) is 1.71. The normalized spacial score (nSPS) is 11.4. The van der Waals surface area contributed by atoms with Gasteiger partial charge in [0.05, 0.1) is 14.2 Å². The van der Waals surface area contributed by atoms with Gasteiger partial charge in [0.25, 0.3) is 10.0 Å². The van der Waals surface area contributed by atoms with Crippen LogP contribution in [-0.2, 0) is 23.1 Å². The summed E-state index contributed by atoms with van der Waals surface area (Å²) in [6, 6.07) is 19.5. The molecular weight excluding hydrogens is 376 g/mol. The third-order valence-electron chi connectivity index (χ3n) is 4.28. The minimum absolute atomic E-state index is 0.0250. The van der Waals surface area contributed by atoms with Crippen LogP contribution in [-0.4, -0.2) is 31.9 Å². The number of pyridine rings is 1. The van der Waals surface area contributed by atoms with Crippen molar-refractivity contribution in [1.29, 1.82) is 0 Å². The van der Waals surface area contributed by atoms with Gasteiger partial charge in [-0.2, -0.15) is 4.31 Å². The minimum atomic E-state index is -3.77. The van der Waals surface area contributed by atoms with Gasteiger partial charge in [-0.15, -0.1) is 0 Å². The quantitative estimate of drug-likeness (QED) is 0.581. The highest BCUT2D eigenvalue weighted by atomic mass is 32.2. The summed E-state index contributed by atoms with van der Waals surface area (Å²) in [5.74, 6) is 1.44. The fourth-order valence-corrected chi connectivity index (χ4v) is 4.07. The molecule has 0 aliphatic carbocycles. The highest BCUT2D eigenvalue weighted by Crippen LogP contribution is 2.22. The van der Waals surface area contributed by atoms with Crippen LogP contribution in [0.1, 0.15) is 11.1 Å². The van der Waals surface area contributed by atoms with Crippen molar-refractivity contribution in [1.82, 2.24) is 9.29 Å². The van der Waals surface area contributed by atoms with E-state index in [2.05, 4.69) is 4.98 Å². The van der Waals surface area contributed by atoms with Crippen LogP contribution >= 0.6 is 0 Å². The van der Waals surface area contributed by atoms with Crippen molar-refractivity contribution >= 4 is 10.0 Å².